The molecule has 2 aromatic heterocycles. The molecule has 0 aliphatic rings. The molecule has 4 rings (SSSR count). The Balaban J connectivity index is 1.63. The van der Waals surface area contributed by atoms with E-state index in [9.17, 15) is 8.42 Å². The molecule has 0 aliphatic carbocycles. The van der Waals surface area contributed by atoms with Crippen LogP contribution in [0, 0.1) is 0 Å². The lowest BCUT2D eigenvalue weighted by molar-refractivity contribution is 0.401. The lowest BCUT2D eigenvalue weighted by atomic mass is 10.2. The fourth-order valence-electron chi connectivity index (χ4n) is 3.05. The van der Waals surface area contributed by atoms with Gasteiger partial charge in [0.1, 0.15) is 4.90 Å². The van der Waals surface area contributed by atoms with Crippen molar-refractivity contribution in [2.24, 2.45) is 0 Å². The fourth-order valence-corrected chi connectivity index (χ4v) is 4.43. The second-order valence-corrected chi connectivity index (χ2v) is 8.52. The monoisotopic (exact) mass is 404 g/mol. The number of rotatable bonds is 7. The van der Waals surface area contributed by atoms with Gasteiger partial charge in [-0.3, -0.25) is 4.98 Å². The van der Waals surface area contributed by atoms with Crippen LogP contribution in [0.4, 0.5) is 0 Å². The maximum atomic E-state index is 13.3. The van der Waals surface area contributed by atoms with Crippen molar-refractivity contribution in [1.82, 2.24) is 18.8 Å². The molecule has 4 aromatic rings. The van der Waals surface area contributed by atoms with Crippen molar-refractivity contribution >= 4 is 10.0 Å². The summed E-state index contributed by atoms with van der Waals surface area (Å²) >= 11 is 0. The molecular formula is C22H20N4O2S. The molecule has 2 heterocycles. The van der Waals surface area contributed by atoms with E-state index in [1.165, 1.54) is 10.5 Å². The molecule has 7 heteroatoms. The van der Waals surface area contributed by atoms with Gasteiger partial charge in [-0.05, 0) is 35.4 Å². The van der Waals surface area contributed by atoms with Crippen LogP contribution in [0.3, 0.4) is 0 Å². The van der Waals surface area contributed by atoms with Gasteiger partial charge >= 0.3 is 0 Å². The Morgan fingerprint density at radius 3 is 2.14 bits per heavy atom. The van der Waals surface area contributed by atoms with E-state index in [2.05, 4.69) is 9.97 Å². The molecule has 6 nitrogen and oxygen atoms in total. The predicted octanol–water partition coefficient (Wildman–Crippen LogP) is 3.66. The minimum Gasteiger partial charge on any atom is -0.306 e. The van der Waals surface area contributed by atoms with Crippen LogP contribution in [0.15, 0.2) is 103 Å². The van der Waals surface area contributed by atoms with Crippen molar-refractivity contribution in [2.45, 2.75) is 18.0 Å². The highest BCUT2D eigenvalue weighted by atomic mass is 32.2. The lowest BCUT2D eigenvalue weighted by Gasteiger charge is -2.22. The van der Waals surface area contributed by atoms with Crippen molar-refractivity contribution in [3.05, 3.63) is 109 Å². The van der Waals surface area contributed by atoms with E-state index in [1.807, 2.05) is 65.4 Å². The maximum Gasteiger partial charge on any atom is 0.245 e. The van der Waals surface area contributed by atoms with Crippen molar-refractivity contribution in [1.29, 1.82) is 0 Å². The highest BCUT2D eigenvalue weighted by molar-refractivity contribution is 7.89. The first-order chi connectivity index (χ1) is 14.1. The van der Waals surface area contributed by atoms with Crippen LogP contribution in [0.2, 0.25) is 0 Å². The average molecular weight is 404 g/mol. The van der Waals surface area contributed by atoms with E-state index in [-0.39, 0.29) is 18.0 Å². The number of aromatic nitrogens is 3. The molecule has 0 aliphatic heterocycles. The number of imidazole rings is 1. The van der Waals surface area contributed by atoms with Crippen LogP contribution >= 0.6 is 0 Å². The largest absolute Gasteiger partial charge is 0.306 e. The Hall–Kier alpha value is -3.29. The van der Waals surface area contributed by atoms with Crippen LogP contribution < -0.4 is 0 Å². The first-order valence-corrected chi connectivity index (χ1v) is 10.6. The third kappa shape index (κ3) is 4.42. The van der Waals surface area contributed by atoms with Gasteiger partial charge in [-0.1, -0.05) is 42.5 Å². The number of nitrogens with zero attached hydrogens (tertiary/aromatic N) is 4. The predicted molar refractivity (Wildman–Crippen MR) is 111 cm³/mol. The first-order valence-electron chi connectivity index (χ1n) is 9.14. The summed E-state index contributed by atoms with van der Waals surface area (Å²) in [6, 6.07) is 20.6. The molecule has 0 saturated carbocycles. The summed E-state index contributed by atoms with van der Waals surface area (Å²) < 4.78 is 29.9. The van der Waals surface area contributed by atoms with Gasteiger partial charge in [0, 0.05) is 43.6 Å². The van der Waals surface area contributed by atoms with E-state index in [4.69, 9.17) is 0 Å². The Labute approximate surface area is 170 Å². The molecule has 0 amide bonds. The molecule has 0 saturated heterocycles. The minimum atomic E-state index is -3.70. The summed E-state index contributed by atoms with van der Waals surface area (Å²) in [6.45, 7) is 0.539. The zero-order valence-corrected chi connectivity index (χ0v) is 16.5. The Morgan fingerprint density at radius 2 is 1.52 bits per heavy atom. The Bertz CT molecular complexity index is 1140. The van der Waals surface area contributed by atoms with Crippen molar-refractivity contribution < 1.29 is 8.42 Å². The molecule has 29 heavy (non-hydrogen) atoms. The Morgan fingerprint density at radius 1 is 0.793 bits per heavy atom. The van der Waals surface area contributed by atoms with Gasteiger partial charge in [0.25, 0.3) is 0 Å². The molecule has 146 valence electrons. The quantitative estimate of drug-likeness (QED) is 0.471. The molecule has 0 fully saturated rings. The minimum absolute atomic E-state index is 0.186. The van der Waals surface area contributed by atoms with Gasteiger partial charge in [-0.25, -0.2) is 13.4 Å². The number of pyridine rings is 1. The topological polar surface area (TPSA) is 68.1 Å². The molecule has 0 spiro atoms. The molecule has 0 radical (unpaired) electrons. The summed E-state index contributed by atoms with van der Waals surface area (Å²) in [5.74, 6) is 0. The van der Waals surface area contributed by atoms with Gasteiger partial charge in [0.2, 0.25) is 10.0 Å². The number of hydrogen-bond donors (Lipinski definition) is 0. The zero-order chi connectivity index (χ0) is 20.1. The van der Waals surface area contributed by atoms with Crippen molar-refractivity contribution in [3.63, 3.8) is 0 Å². The van der Waals surface area contributed by atoms with Gasteiger partial charge < -0.3 is 4.57 Å². The average Bonchev–Trinajstić information content (AvgIpc) is 3.30. The van der Waals surface area contributed by atoms with E-state index >= 15 is 0 Å². The third-order valence-electron chi connectivity index (χ3n) is 4.57. The normalized spacial score (nSPS) is 11.6. The van der Waals surface area contributed by atoms with Crippen LogP contribution in [-0.4, -0.2) is 27.3 Å². The first kappa shape index (κ1) is 19.0. The smallest absolute Gasteiger partial charge is 0.245 e. The summed E-state index contributed by atoms with van der Waals surface area (Å²) in [5.41, 5.74) is 2.79. The molecule has 0 atom stereocenters. The van der Waals surface area contributed by atoms with E-state index in [1.54, 1.807) is 30.9 Å². The van der Waals surface area contributed by atoms with Crippen LogP contribution in [-0.2, 0) is 23.1 Å². The molecule has 0 N–H and O–H groups in total. The number of hydrogen-bond acceptors (Lipinski definition) is 4. The molecule has 0 unspecified atom stereocenters. The van der Waals surface area contributed by atoms with E-state index in [0.717, 1.165) is 16.8 Å². The van der Waals surface area contributed by atoms with Gasteiger partial charge in [-0.15, -0.1) is 0 Å². The van der Waals surface area contributed by atoms with Crippen molar-refractivity contribution in [3.8, 4) is 5.69 Å². The Kier molecular flexibility index (Phi) is 5.50. The summed E-state index contributed by atoms with van der Waals surface area (Å²) in [7, 11) is -3.70. The summed E-state index contributed by atoms with van der Waals surface area (Å²) in [4.78, 5) is 8.21. The van der Waals surface area contributed by atoms with Crippen LogP contribution in [0.1, 0.15) is 11.1 Å². The SMILES string of the molecule is O=S(=O)(c1cccnc1)N(Cc1ccccc1)Cc1ccc(-n2ccnc2)cc1. The van der Waals surface area contributed by atoms with E-state index < -0.39 is 10.0 Å². The van der Waals surface area contributed by atoms with Gasteiger partial charge in [0.15, 0.2) is 0 Å². The van der Waals surface area contributed by atoms with Gasteiger partial charge in [-0.2, -0.15) is 4.31 Å². The van der Waals surface area contributed by atoms with E-state index in [0.29, 0.717) is 0 Å². The number of benzene rings is 2. The van der Waals surface area contributed by atoms with Crippen LogP contribution in [0.5, 0.6) is 0 Å². The summed E-state index contributed by atoms with van der Waals surface area (Å²) in [5, 5.41) is 0. The summed E-state index contributed by atoms with van der Waals surface area (Å²) in [6.07, 6.45) is 8.26. The second-order valence-electron chi connectivity index (χ2n) is 6.58. The van der Waals surface area contributed by atoms with Gasteiger partial charge in [0.05, 0.1) is 6.33 Å². The second kappa shape index (κ2) is 8.38. The highest BCUT2D eigenvalue weighted by Crippen LogP contribution is 2.21. The molecule has 0 bridgehead atoms. The zero-order valence-electron chi connectivity index (χ0n) is 15.7. The third-order valence-corrected chi connectivity index (χ3v) is 6.35. The maximum absolute atomic E-state index is 13.3. The lowest BCUT2D eigenvalue weighted by Crippen LogP contribution is -2.30. The molecular weight excluding hydrogens is 384 g/mol. The molecule has 2 aromatic carbocycles. The standard InChI is InChI=1S/C22H20N4O2S/c27-29(28,22-7-4-12-23-15-22)26(16-19-5-2-1-3-6-19)17-20-8-10-21(11-9-20)25-14-13-24-18-25/h1-15,18H,16-17H2. The highest BCUT2D eigenvalue weighted by Gasteiger charge is 2.25. The van der Waals surface area contributed by atoms with Crippen molar-refractivity contribution in [2.75, 3.05) is 0 Å². The fraction of sp³-hybridized carbons (Fsp3) is 0.0909. The van der Waals surface area contributed by atoms with Crippen LogP contribution in [0.25, 0.3) is 5.69 Å². The number of sulfonamides is 1.